The van der Waals surface area contributed by atoms with Crippen LogP contribution in [0, 0.1) is 5.82 Å². The molecule has 1 heterocycles. The number of halogens is 2. The highest BCUT2D eigenvalue weighted by Crippen LogP contribution is 2.06. The summed E-state index contributed by atoms with van der Waals surface area (Å²) in [6, 6.07) is 9.48. The van der Waals surface area contributed by atoms with Crippen molar-refractivity contribution in [2.75, 3.05) is 7.05 Å². The number of primary amides is 1. The average Bonchev–Trinajstić information content (AvgIpc) is 2.97. The van der Waals surface area contributed by atoms with Gasteiger partial charge in [0.15, 0.2) is 11.7 Å². The van der Waals surface area contributed by atoms with Gasteiger partial charge in [0.2, 0.25) is 0 Å². The van der Waals surface area contributed by atoms with E-state index < -0.39 is 5.91 Å². The Morgan fingerprint density at radius 3 is 2.61 bits per heavy atom. The number of amides is 1. The predicted molar refractivity (Wildman–Crippen MR) is 96.1 cm³/mol. The summed E-state index contributed by atoms with van der Waals surface area (Å²) in [4.78, 5) is 15.0. The maximum absolute atomic E-state index is 13.1. The first kappa shape index (κ1) is 18.9. The Labute approximate surface area is 150 Å². The third kappa shape index (κ3) is 5.89. The van der Waals surface area contributed by atoms with Crippen LogP contribution in [0.4, 0.5) is 4.39 Å². The number of nitrogens with one attached hydrogen (secondary N) is 2. The standard InChI is InChI=1S/C15H17FN4O2.HI/c1-18-15(19-8-10-3-2-4-11(16)7-10)20-9-12-5-6-13(22-12)14(17)21;/h2-7H,8-9H2,1H3,(H2,17,21)(H2,18,19,20);1H. The van der Waals surface area contributed by atoms with Crippen molar-refractivity contribution in [1.29, 1.82) is 0 Å². The minimum absolute atomic E-state index is 0. The van der Waals surface area contributed by atoms with Crippen LogP contribution in [-0.4, -0.2) is 18.9 Å². The molecule has 1 aromatic heterocycles. The fraction of sp³-hybridized carbons (Fsp3) is 0.200. The van der Waals surface area contributed by atoms with E-state index in [0.717, 1.165) is 5.56 Å². The number of furan rings is 1. The number of benzene rings is 1. The number of nitrogens with two attached hydrogens (primary N) is 1. The van der Waals surface area contributed by atoms with Crippen LogP contribution in [0.2, 0.25) is 0 Å². The molecule has 0 aliphatic heterocycles. The third-order valence-electron chi connectivity index (χ3n) is 2.91. The summed E-state index contributed by atoms with van der Waals surface area (Å²) >= 11 is 0. The van der Waals surface area contributed by atoms with Gasteiger partial charge < -0.3 is 20.8 Å². The molecule has 2 rings (SSSR count). The van der Waals surface area contributed by atoms with E-state index in [0.29, 0.717) is 24.8 Å². The zero-order valence-electron chi connectivity index (χ0n) is 12.5. The Morgan fingerprint density at radius 2 is 2.00 bits per heavy atom. The summed E-state index contributed by atoms with van der Waals surface area (Å²) in [7, 11) is 1.62. The quantitative estimate of drug-likeness (QED) is 0.383. The topological polar surface area (TPSA) is 92.6 Å². The maximum Gasteiger partial charge on any atom is 0.284 e. The lowest BCUT2D eigenvalue weighted by Crippen LogP contribution is -2.36. The predicted octanol–water partition coefficient (Wildman–Crippen LogP) is 2.00. The van der Waals surface area contributed by atoms with Gasteiger partial charge in [-0.1, -0.05) is 12.1 Å². The first-order valence-corrected chi connectivity index (χ1v) is 6.66. The van der Waals surface area contributed by atoms with Gasteiger partial charge in [-0.2, -0.15) is 0 Å². The molecule has 0 spiro atoms. The monoisotopic (exact) mass is 432 g/mol. The van der Waals surface area contributed by atoms with Gasteiger partial charge in [-0.25, -0.2) is 4.39 Å². The number of carbonyl (C=O) groups excluding carboxylic acids is 1. The lowest BCUT2D eigenvalue weighted by molar-refractivity contribution is 0.0972. The largest absolute Gasteiger partial charge is 0.454 e. The molecule has 0 aliphatic carbocycles. The second-order valence-corrected chi connectivity index (χ2v) is 4.54. The maximum atomic E-state index is 13.1. The van der Waals surface area contributed by atoms with E-state index in [2.05, 4.69) is 15.6 Å². The molecule has 0 saturated carbocycles. The van der Waals surface area contributed by atoms with Crippen molar-refractivity contribution < 1.29 is 13.6 Å². The number of nitrogens with zero attached hydrogens (tertiary/aromatic N) is 1. The van der Waals surface area contributed by atoms with Gasteiger partial charge in [0.25, 0.3) is 5.91 Å². The number of rotatable bonds is 5. The molecule has 6 nitrogen and oxygen atoms in total. The van der Waals surface area contributed by atoms with Crippen molar-refractivity contribution in [2.45, 2.75) is 13.1 Å². The van der Waals surface area contributed by atoms with Crippen LogP contribution in [0.3, 0.4) is 0 Å². The van der Waals surface area contributed by atoms with Gasteiger partial charge >= 0.3 is 0 Å². The van der Waals surface area contributed by atoms with E-state index in [4.69, 9.17) is 10.2 Å². The lowest BCUT2D eigenvalue weighted by Gasteiger charge is -2.11. The van der Waals surface area contributed by atoms with Crippen molar-refractivity contribution >= 4 is 35.8 Å². The van der Waals surface area contributed by atoms with Crippen molar-refractivity contribution in [3.63, 3.8) is 0 Å². The molecule has 8 heteroatoms. The third-order valence-corrected chi connectivity index (χ3v) is 2.91. The van der Waals surface area contributed by atoms with Crippen molar-refractivity contribution in [1.82, 2.24) is 10.6 Å². The molecule has 124 valence electrons. The second-order valence-electron chi connectivity index (χ2n) is 4.54. The van der Waals surface area contributed by atoms with Gasteiger partial charge in [-0.15, -0.1) is 24.0 Å². The van der Waals surface area contributed by atoms with Crippen LogP contribution in [0.5, 0.6) is 0 Å². The number of carbonyl (C=O) groups is 1. The minimum Gasteiger partial charge on any atom is -0.454 e. The fourth-order valence-corrected chi connectivity index (χ4v) is 1.83. The van der Waals surface area contributed by atoms with Gasteiger partial charge in [0.05, 0.1) is 6.54 Å². The Bertz CT molecular complexity index is 688. The van der Waals surface area contributed by atoms with Gasteiger partial charge in [-0.05, 0) is 29.8 Å². The second kappa shape index (κ2) is 9.13. The zero-order chi connectivity index (χ0) is 15.9. The average molecular weight is 432 g/mol. The number of hydrogen-bond donors (Lipinski definition) is 3. The minimum atomic E-state index is -0.611. The van der Waals surface area contributed by atoms with Crippen LogP contribution in [0.1, 0.15) is 21.9 Å². The number of hydrogen-bond acceptors (Lipinski definition) is 3. The highest BCUT2D eigenvalue weighted by atomic mass is 127. The number of aliphatic imine (C=N–C) groups is 1. The lowest BCUT2D eigenvalue weighted by atomic mass is 10.2. The molecule has 0 bridgehead atoms. The zero-order valence-corrected chi connectivity index (χ0v) is 14.8. The van der Waals surface area contributed by atoms with Crippen LogP contribution < -0.4 is 16.4 Å². The van der Waals surface area contributed by atoms with Gasteiger partial charge in [0, 0.05) is 13.6 Å². The molecule has 1 aromatic carbocycles. The van der Waals surface area contributed by atoms with E-state index in [1.165, 1.54) is 18.2 Å². The molecule has 0 saturated heterocycles. The van der Waals surface area contributed by atoms with Crippen LogP contribution in [-0.2, 0) is 13.1 Å². The molecule has 2 aromatic rings. The van der Waals surface area contributed by atoms with E-state index in [-0.39, 0.29) is 35.6 Å². The summed E-state index contributed by atoms with van der Waals surface area (Å²) in [5.41, 5.74) is 5.92. The van der Waals surface area contributed by atoms with E-state index in [9.17, 15) is 9.18 Å². The van der Waals surface area contributed by atoms with Gasteiger partial charge in [-0.3, -0.25) is 9.79 Å². The normalized spacial score (nSPS) is 10.8. The fourth-order valence-electron chi connectivity index (χ4n) is 1.83. The summed E-state index contributed by atoms with van der Waals surface area (Å²) in [5.74, 6) is 0.306. The number of guanidine groups is 1. The van der Waals surface area contributed by atoms with E-state index in [1.807, 2.05) is 6.07 Å². The highest BCUT2D eigenvalue weighted by Gasteiger charge is 2.07. The Kier molecular flexibility index (Phi) is 7.52. The smallest absolute Gasteiger partial charge is 0.284 e. The molecule has 0 unspecified atom stereocenters. The Balaban J connectivity index is 0.00000264. The molecule has 1 amide bonds. The summed E-state index contributed by atoms with van der Waals surface area (Å²) in [6.07, 6.45) is 0. The SMILES string of the molecule is CN=C(NCc1cccc(F)c1)NCc1ccc(C(N)=O)o1.I. The van der Waals surface area contributed by atoms with Crippen LogP contribution in [0.15, 0.2) is 45.8 Å². The first-order valence-electron chi connectivity index (χ1n) is 6.66. The van der Waals surface area contributed by atoms with E-state index in [1.54, 1.807) is 19.2 Å². The van der Waals surface area contributed by atoms with Crippen molar-refractivity contribution in [3.05, 3.63) is 59.3 Å². The molecular formula is C15H18FIN4O2. The first-order chi connectivity index (χ1) is 10.6. The van der Waals surface area contributed by atoms with E-state index >= 15 is 0 Å². The Hall–Kier alpha value is -2.10. The van der Waals surface area contributed by atoms with Crippen molar-refractivity contribution in [3.8, 4) is 0 Å². The molecule has 4 N–H and O–H groups in total. The Morgan fingerprint density at radius 1 is 1.26 bits per heavy atom. The molecule has 0 fully saturated rings. The summed E-state index contributed by atoms with van der Waals surface area (Å²) in [6.45, 7) is 0.776. The van der Waals surface area contributed by atoms with Crippen molar-refractivity contribution in [2.24, 2.45) is 10.7 Å². The molecule has 0 radical (unpaired) electrons. The highest BCUT2D eigenvalue weighted by molar-refractivity contribution is 14.0. The molecule has 23 heavy (non-hydrogen) atoms. The summed E-state index contributed by atoms with van der Waals surface area (Å²) in [5, 5.41) is 6.07. The van der Waals surface area contributed by atoms with Crippen LogP contribution >= 0.6 is 24.0 Å². The summed E-state index contributed by atoms with van der Waals surface area (Å²) < 4.78 is 18.3. The molecule has 0 aliphatic rings. The molecular weight excluding hydrogens is 414 g/mol. The van der Waals surface area contributed by atoms with Gasteiger partial charge in [0.1, 0.15) is 11.6 Å². The molecule has 0 atom stereocenters. The van der Waals surface area contributed by atoms with Crippen LogP contribution in [0.25, 0.3) is 0 Å².